The fraction of sp³-hybridized carbons (Fsp3) is 0.308. The predicted octanol–water partition coefficient (Wildman–Crippen LogP) is 1.56. The topological polar surface area (TPSA) is 121 Å². The van der Waals surface area contributed by atoms with Gasteiger partial charge in [-0.25, -0.2) is 0 Å². The minimum Gasteiger partial charge on any atom is -0.481 e. The Morgan fingerprint density at radius 2 is 2.00 bits per heavy atom. The summed E-state index contributed by atoms with van der Waals surface area (Å²) in [7, 11) is 0. The number of hydrogen-bond donors (Lipinski definition) is 2. The van der Waals surface area contributed by atoms with Gasteiger partial charge < -0.3 is 15.1 Å². The molecule has 1 heterocycles. The lowest BCUT2D eigenvalue weighted by Crippen LogP contribution is -2.40. The van der Waals surface area contributed by atoms with Crippen LogP contribution in [0.4, 0.5) is 11.4 Å². The van der Waals surface area contributed by atoms with E-state index in [0.29, 0.717) is 0 Å². The van der Waals surface area contributed by atoms with Crippen LogP contribution >= 0.6 is 12.2 Å². The number of nitro benzene ring substituents is 1. The number of nitrogens with zero attached hydrogens (tertiary/aromatic N) is 2. The molecule has 1 atom stereocenters. The average Bonchev–Trinajstić information content (AvgIpc) is 2.60. The van der Waals surface area contributed by atoms with E-state index in [1.165, 1.54) is 30.0 Å². The third kappa shape index (κ3) is 2.39. The molecule has 0 radical (unpaired) electrons. The highest BCUT2D eigenvalue weighted by Crippen LogP contribution is 2.48. The molecule has 1 unspecified atom stereocenters. The molecule has 9 heteroatoms. The lowest BCUT2D eigenvalue weighted by atomic mass is 9.80. The molecule has 0 fully saturated rings. The predicted molar refractivity (Wildman–Crippen MR) is 80.3 cm³/mol. The number of carboxylic acid groups (broad SMARTS) is 2. The van der Waals surface area contributed by atoms with Gasteiger partial charge in [-0.05, 0) is 13.0 Å². The van der Waals surface area contributed by atoms with Crippen LogP contribution < -0.4 is 4.90 Å². The van der Waals surface area contributed by atoms with E-state index in [2.05, 4.69) is 0 Å². The van der Waals surface area contributed by atoms with Crippen LogP contribution in [0.1, 0.15) is 18.9 Å². The summed E-state index contributed by atoms with van der Waals surface area (Å²) in [6.45, 7) is 0.999. The van der Waals surface area contributed by atoms with Gasteiger partial charge in [-0.15, -0.1) is 0 Å². The first kappa shape index (κ1) is 15.8. The molecule has 1 aromatic rings. The molecular formula is C13H12N2O6S. The second-order valence-electron chi connectivity index (χ2n) is 5.12. The van der Waals surface area contributed by atoms with Crippen LogP contribution in [0, 0.1) is 10.1 Å². The van der Waals surface area contributed by atoms with E-state index in [9.17, 15) is 19.7 Å². The first-order valence-corrected chi connectivity index (χ1v) is 6.62. The van der Waals surface area contributed by atoms with Gasteiger partial charge in [-0.3, -0.25) is 19.7 Å². The summed E-state index contributed by atoms with van der Waals surface area (Å²) in [5.41, 5.74) is -1.16. The minimum atomic E-state index is -1.31. The van der Waals surface area contributed by atoms with Gasteiger partial charge in [-0.2, -0.15) is 0 Å². The van der Waals surface area contributed by atoms with Crippen LogP contribution in [0.5, 0.6) is 0 Å². The maximum atomic E-state index is 11.2. The maximum absolute atomic E-state index is 11.2. The molecule has 0 saturated carbocycles. The lowest BCUT2D eigenvalue weighted by molar-refractivity contribution is -0.385. The van der Waals surface area contributed by atoms with Gasteiger partial charge in [0.25, 0.3) is 5.69 Å². The first-order valence-electron chi connectivity index (χ1n) is 6.22. The summed E-state index contributed by atoms with van der Waals surface area (Å²) >= 11 is 5.24. The van der Waals surface area contributed by atoms with Crippen LogP contribution in [0.25, 0.3) is 0 Å². The smallest absolute Gasteiger partial charge is 0.323 e. The molecule has 0 spiro atoms. The van der Waals surface area contributed by atoms with Gasteiger partial charge in [0.1, 0.15) is 6.54 Å². The third-order valence-corrected chi connectivity index (χ3v) is 4.25. The molecule has 1 aliphatic heterocycles. The zero-order valence-electron chi connectivity index (χ0n) is 11.5. The first-order chi connectivity index (χ1) is 10.2. The Balaban J connectivity index is 2.71. The Kier molecular flexibility index (Phi) is 3.84. The molecular weight excluding hydrogens is 312 g/mol. The Bertz CT molecular complexity index is 704. The Morgan fingerprint density at radius 3 is 2.50 bits per heavy atom. The molecule has 1 aliphatic rings. The SMILES string of the molecule is CC1(CC(=O)O)C(=S)N(CC(=O)O)c2cccc([N+](=O)[O-])c21. The van der Waals surface area contributed by atoms with Crippen molar-refractivity contribution < 1.29 is 24.7 Å². The highest BCUT2D eigenvalue weighted by atomic mass is 32.1. The van der Waals surface area contributed by atoms with Crippen LogP contribution in [0.2, 0.25) is 0 Å². The summed E-state index contributed by atoms with van der Waals surface area (Å²) in [5, 5.41) is 29.4. The number of aliphatic carboxylic acids is 2. The maximum Gasteiger partial charge on any atom is 0.323 e. The van der Waals surface area contributed by atoms with Crippen LogP contribution in [0.3, 0.4) is 0 Å². The van der Waals surface area contributed by atoms with Gasteiger partial charge in [-0.1, -0.05) is 18.3 Å². The molecule has 0 bridgehead atoms. The van der Waals surface area contributed by atoms with Crippen molar-refractivity contribution in [2.45, 2.75) is 18.8 Å². The molecule has 8 nitrogen and oxygen atoms in total. The number of carbonyl (C=O) groups is 2. The number of anilines is 1. The monoisotopic (exact) mass is 324 g/mol. The van der Waals surface area contributed by atoms with Gasteiger partial charge in [0.05, 0.1) is 33.0 Å². The second kappa shape index (κ2) is 5.34. The standard InChI is InChI=1S/C13H12N2O6S/c1-13(5-9(16)17)11-7(3-2-4-8(11)15(20)21)14(12(13)22)6-10(18)19/h2-4H,5-6H2,1H3,(H,16,17)(H,18,19). The quantitative estimate of drug-likeness (QED) is 0.475. The number of nitro groups is 1. The van der Waals surface area contributed by atoms with Crippen molar-refractivity contribution >= 4 is 40.5 Å². The summed E-state index contributed by atoms with van der Waals surface area (Å²) in [5.74, 6) is -2.34. The number of carboxylic acids is 2. The minimum absolute atomic E-state index is 0.0570. The third-order valence-electron chi connectivity index (χ3n) is 3.58. The van der Waals surface area contributed by atoms with E-state index in [4.69, 9.17) is 22.4 Å². The average molecular weight is 324 g/mol. The van der Waals surface area contributed by atoms with Crippen molar-refractivity contribution in [2.75, 3.05) is 11.4 Å². The Labute approximate surface area is 130 Å². The van der Waals surface area contributed by atoms with Crippen LogP contribution in [0.15, 0.2) is 18.2 Å². The number of rotatable bonds is 5. The van der Waals surface area contributed by atoms with Crippen molar-refractivity contribution in [2.24, 2.45) is 0 Å². The highest BCUT2D eigenvalue weighted by Gasteiger charge is 2.50. The number of fused-ring (bicyclic) bond motifs is 1. The van der Waals surface area contributed by atoms with Crippen molar-refractivity contribution in [3.63, 3.8) is 0 Å². The van der Waals surface area contributed by atoms with Crippen molar-refractivity contribution in [3.8, 4) is 0 Å². The van der Waals surface area contributed by atoms with E-state index in [0.717, 1.165) is 0 Å². The fourth-order valence-corrected chi connectivity index (χ4v) is 3.08. The van der Waals surface area contributed by atoms with E-state index in [1.807, 2.05) is 0 Å². The van der Waals surface area contributed by atoms with Crippen molar-refractivity contribution in [1.82, 2.24) is 0 Å². The Hall–Kier alpha value is -2.55. The normalized spacial score (nSPS) is 19.9. The van der Waals surface area contributed by atoms with Gasteiger partial charge in [0.15, 0.2) is 0 Å². The van der Waals surface area contributed by atoms with Crippen molar-refractivity contribution in [1.29, 1.82) is 0 Å². The largest absolute Gasteiger partial charge is 0.481 e. The summed E-state index contributed by atoms with van der Waals surface area (Å²) in [4.78, 5) is 34.1. The van der Waals surface area contributed by atoms with Gasteiger partial charge in [0, 0.05) is 6.07 Å². The molecule has 116 valence electrons. The molecule has 1 aromatic carbocycles. The van der Waals surface area contributed by atoms with E-state index in [-0.39, 0.29) is 21.9 Å². The molecule has 0 aliphatic carbocycles. The summed E-state index contributed by atoms with van der Waals surface area (Å²) in [6.07, 6.45) is -0.459. The summed E-state index contributed by atoms with van der Waals surface area (Å²) < 4.78 is 0. The van der Waals surface area contributed by atoms with E-state index >= 15 is 0 Å². The van der Waals surface area contributed by atoms with Gasteiger partial charge >= 0.3 is 11.9 Å². The molecule has 0 amide bonds. The van der Waals surface area contributed by atoms with Crippen LogP contribution in [-0.4, -0.2) is 38.6 Å². The highest BCUT2D eigenvalue weighted by molar-refractivity contribution is 7.80. The van der Waals surface area contributed by atoms with E-state index in [1.54, 1.807) is 0 Å². The lowest BCUT2D eigenvalue weighted by Gasteiger charge is -2.24. The molecule has 2 N–H and O–H groups in total. The molecule has 0 aromatic heterocycles. The van der Waals surface area contributed by atoms with Gasteiger partial charge in [0.2, 0.25) is 0 Å². The second-order valence-corrected chi connectivity index (χ2v) is 5.50. The number of hydrogen-bond acceptors (Lipinski definition) is 5. The number of thiocarbonyl (C=S) groups is 1. The zero-order valence-corrected chi connectivity index (χ0v) is 12.3. The zero-order chi connectivity index (χ0) is 16.7. The molecule has 2 rings (SSSR count). The fourth-order valence-electron chi connectivity index (χ4n) is 2.74. The van der Waals surface area contributed by atoms with Crippen molar-refractivity contribution in [3.05, 3.63) is 33.9 Å². The number of benzene rings is 1. The Morgan fingerprint density at radius 1 is 1.36 bits per heavy atom. The summed E-state index contributed by atoms with van der Waals surface area (Å²) in [6, 6.07) is 4.18. The van der Waals surface area contributed by atoms with E-state index < -0.39 is 35.2 Å². The van der Waals surface area contributed by atoms with Crippen LogP contribution in [-0.2, 0) is 15.0 Å². The molecule has 0 saturated heterocycles. The molecule has 22 heavy (non-hydrogen) atoms.